The van der Waals surface area contributed by atoms with Crippen molar-refractivity contribution in [2.24, 2.45) is 11.0 Å². The molecule has 0 heterocycles. The maximum absolute atomic E-state index is 11.4. The Balaban J connectivity index is 2.49. The van der Waals surface area contributed by atoms with Crippen LogP contribution in [0.5, 0.6) is 0 Å². The number of benzene rings is 1. The van der Waals surface area contributed by atoms with Gasteiger partial charge >= 0.3 is 0 Å². The highest BCUT2D eigenvalue weighted by Gasteiger charge is 2.02. The van der Waals surface area contributed by atoms with Crippen molar-refractivity contribution in [1.29, 1.82) is 0 Å². The molecule has 0 aliphatic carbocycles. The first kappa shape index (κ1) is 14.4. The SMILES string of the molecule is CC(C)CC(=O)NN=Cc1ccc(C(C)C)cc1. The van der Waals surface area contributed by atoms with Crippen LogP contribution in [0.1, 0.15) is 51.2 Å². The molecule has 0 aromatic heterocycles. The van der Waals surface area contributed by atoms with Gasteiger partial charge in [0.1, 0.15) is 0 Å². The van der Waals surface area contributed by atoms with Gasteiger partial charge in [-0.1, -0.05) is 52.0 Å². The second-order valence-electron chi connectivity index (χ2n) is 5.21. The first-order valence-electron chi connectivity index (χ1n) is 6.41. The molecule has 0 bridgehead atoms. The molecule has 3 heteroatoms. The average Bonchev–Trinajstić information content (AvgIpc) is 2.28. The van der Waals surface area contributed by atoms with Crippen molar-refractivity contribution in [1.82, 2.24) is 5.43 Å². The van der Waals surface area contributed by atoms with Gasteiger partial charge in [0.05, 0.1) is 6.21 Å². The van der Waals surface area contributed by atoms with Crippen LogP contribution >= 0.6 is 0 Å². The highest BCUT2D eigenvalue weighted by atomic mass is 16.2. The van der Waals surface area contributed by atoms with Crippen LogP contribution in [0.25, 0.3) is 0 Å². The molecule has 0 radical (unpaired) electrons. The van der Waals surface area contributed by atoms with Crippen LogP contribution in [-0.2, 0) is 4.79 Å². The van der Waals surface area contributed by atoms with E-state index >= 15 is 0 Å². The fourth-order valence-electron chi connectivity index (χ4n) is 1.56. The molecule has 0 aliphatic heterocycles. The lowest BCUT2D eigenvalue weighted by Gasteiger charge is -2.04. The van der Waals surface area contributed by atoms with Crippen LogP contribution in [0.4, 0.5) is 0 Å². The van der Waals surface area contributed by atoms with Crippen molar-refractivity contribution in [3.05, 3.63) is 35.4 Å². The minimum atomic E-state index is -0.0416. The van der Waals surface area contributed by atoms with Gasteiger partial charge in [0.15, 0.2) is 0 Å². The number of hydrazone groups is 1. The third kappa shape index (κ3) is 5.13. The zero-order chi connectivity index (χ0) is 13.5. The highest BCUT2D eigenvalue weighted by Crippen LogP contribution is 2.13. The summed E-state index contributed by atoms with van der Waals surface area (Å²) in [6.45, 7) is 8.34. The first-order chi connectivity index (χ1) is 8.49. The molecule has 0 atom stereocenters. The van der Waals surface area contributed by atoms with E-state index in [9.17, 15) is 4.79 Å². The smallest absolute Gasteiger partial charge is 0.240 e. The number of amides is 1. The average molecular weight is 246 g/mol. The fraction of sp³-hybridized carbons (Fsp3) is 0.467. The van der Waals surface area contributed by atoms with Gasteiger partial charge in [0.2, 0.25) is 5.91 Å². The van der Waals surface area contributed by atoms with E-state index < -0.39 is 0 Å². The van der Waals surface area contributed by atoms with Gasteiger partial charge in [-0.05, 0) is 23.0 Å². The van der Waals surface area contributed by atoms with Crippen LogP contribution in [0, 0.1) is 5.92 Å². The molecular weight excluding hydrogens is 224 g/mol. The zero-order valence-electron chi connectivity index (χ0n) is 11.6. The van der Waals surface area contributed by atoms with Crippen LogP contribution < -0.4 is 5.43 Å². The van der Waals surface area contributed by atoms with E-state index in [1.807, 2.05) is 26.0 Å². The molecule has 3 nitrogen and oxygen atoms in total. The van der Waals surface area contributed by atoms with Gasteiger partial charge < -0.3 is 0 Å². The predicted octanol–water partition coefficient (Wildman–Crippen LogP) is 3.31. The molecule has 1 amide bonds. The van der Waals surface area contributed by atoms with Crippen molar-refractivity contribution >= 4 is 12.1 Å². The molecule has 1 rings (SSSR count). The maximum Gasteiger partial charge on any atom is 0.240 e. The Kier molecular flexibility index (Phi) is 5.56. The Hall–Kier alpha value is -1.64. The van der Waals surface area contributed by atoms with E-state index in [1.54, 1.807) is 6.21 Å². The number of carbonyl (C=O) groups excluding carboxylic acids is 1. The summed E-state index contributed by atoms with van der Waals surface area (Å²) in [7, 11) is 0. The zero-order valence-corrected chi connectivity index (χ0v) is 11.6. The van der Waals surface area contributed by atoms with Crippen LogP contribution in [-0.4, -0.2) is 12.1 Å². The Morgan fingerprint density at radius 3 is 2.33 bits per heavy atom. The van der Waals surface area contributed by atoms with Gasteiger partial charge in [-0.15, -0.1) is 0 Å². The molecule has 0 spiro atoms. The predicted molar refractivity (Wildman–Crippen MR) is 75.7 cm³/mol. The molecule has 1 aromatic rings. The third-order valence-electron chi connectivity index (χ3n) is 2.60. The van der Waals surface area contributed by atoms with Crippen LogP contribution in [0.2, 0.25) is 0 Å². The molecule has 0 saturated carbocycles. The summed E-state index contributed by atoms with van der Waals surface area (Å²) in [5, 5.41) is 3.94. The van der Waals surface area contributed by atoms with Gasteiger partial charge in [0.25, 0.3) is 0 Å². The number of hydrogen-bond donors (Lipinski definition) is 1. The molecule has 0 fully saturated rings. The van der Waals surface area contributed by atoms with Crippen molar-refractivity contribution in [2.45, 2.75) is 40.0 Å². The number of rotatable bonds is 5. The second-order valence-corrected chi connectivity index (χ2v) is 5.21. The molecular formula is C15H22N2O. The highest BCUT2D eigenvalue weighted by molar-refractivity contribution is 5.82. The summed E-state index contributed by atoms with van der Waals surface area (Å²) in [6, 6.07) is 8.19. The molecule has 0 aliphatic rings. The third-order valence-corrected chi connectivity index (χ3v) is 2.60. The number of nitrogens with one attached hydrogen (secondary N) is 1. The van der Waals surface area contributed by atoms with Crippen LogP contribution in [0.15, 0.2) is 29.4 Å². The largest absolute Gasteiger partial charge is 0.273 e. The van der Waals surface area contributed by atoms with Crippen molar-refractivity contribution in [3.8, 4) is 0 Å². The number of hydrogen-bond acceptors (Lipinski definition) is 2. The summed E-state index contributed by atoms with van der Waals surface area (Å²) in [4.78, 5) is 11.4. The van der Waals surface area contributed by atoms with Crippen molar-refractivity contribution < 1.29 is 4.79 Å². The molecule has 0 saturated heterocycles. The lowest BCUT2D eigenvalue weighted by Crippen LogP contribution is -2.19. The Labute approximate surface area is 109 Å². The quantitative estimate of drug-likeness (QED) is 0.628. The number of carbonyl (C=O) groups is 1. The van der Waals surface area contributed by atoms with Crippen molar-refractivity contribution in [3.63, 3.8) is 0 Å². The van der Waals surface area contributed by atoms with E-state index in [-0.39, 0.29) is 5.91 Å². The summed E-state index contributed by atoms with van der Waals surface area (Å²) in [5.41, 5.74) is 4.82. The van der Waals surface area contributed by atoms with Gasteiger partial charge in [-0.25, -0.2) is 5.43 Å². The Morgan fingerprint density at radius 2 is 1.83 bits per heavy atom. The Bertz CT molecular complexity index is 405. The van der Waals surface area contributed by atoms with E-state index in [1.165, 1.54) is 5.56 Å². The monoisotopic (exact) mass is 246 g/mol. The van der Waals surface area contributed by atoms with E-state index in [2.05, 4.69) is 36.5 Å². The van der Waals surface area contributed by atoms with Gasteiger partial charge in [-0.3, -0.25) is 4.79 Å². The molecule has 98 valence electrons. The molecule has 0 unspecified atom stereocenters. The normalized spacial score (nSPS) is 11.4. The minimum Gasteiger partial charge on any atom is -0.273 e. The van der Waals surface area contributed by atoms with Crippen LogP contribution in [0.3, 0.4) is 0 Å². The van der Waals surface area contributed by atoms with Crippen molar-refractivity contribution in [2.75, 3.05) is 0 Å². The van der Waals surface area contributed by atoms with E-state index in [0.29, 0.717) is 18.3 Å². The molecule has 18 heavy (non-hydrogen) atoms. The fourth-order valence-corrected chi connectivity index (χ4v) is 1.56. The summed E-state index contributed by atoms with van der Waals surface area (Å²) in [5.74, 6) is 0.840. The molecule has 1 aromatic carbocycles. The summed E-state index contributed by atoms with van der Waals surface area (Å²) >= 11 is 0. The molecule has 1 N–H and O–H groups in total. The summed E-state index contributed by atoms with van der Waals surface area (Å²) in [6.07, 6.45) is 2.17. The first-order valence-corrected chi connectivity index (χ1v) is 6.41. The lowest BCUT2D eigenvalue weighted by atomic mass is 10.0. The minimum absolute atomic E-state index is 0.0416. The number of nitrogens with zero attached hydrogens (tertiary/aromatic N) is 1. The standard InChI is InChI=1S/C15H22N2O/c1-11(2)9-15(18)17-16-10-13-5-7-14(8-6-13)12(3)4/h5-8,10-12H,9H2,1-4H3,(H,17,18). The Morgan fingerprint density at radius 1 is 1.22 bits per heavy atom. The van der Waals surface area contributed by atoms with E-state index in [4.69, 9.17) is 0 Å². The van der Waals surface area contributed by atoms with Gasteiger partial charge in [-0.2, -0.15) is 5.10 Å². The lowest BCUT2D eigenvalue weighted by molar-refractivity contribution is -0.121. The summed E-state index contributed by atoms with van der Waals surface area (Å²) < 4.78 is 0. The van der Waals surface area contributed by atoms with Gasteiger partial charge in [0, 0.05) is 6.42 Å². The second kappa shape index (κ2) is 6.94. The van der Waals surface area contributed by atoms with E-state index in [0.717, 1.165) is 5.56 Å². The maximum atomic E-state index is 11.4. The topological polar surface area (TPSA) is 41.5 Å².